The van der Waals surface area contributed by atoms with Crippen LogP contribution in [0.15, 0.2) is 18.5 Å². The monoisotopic (exact) mass is 265 g/mol. The molecule has 2 aromatic heterocycles. The number of hydrogen-bond donors (Lipinski definition) is 0. The third-order valence-corrected chi connectivity index (χ3v) is 2.93. The smallest absolute Gasteiger partial charge is 0.356 e. The van der Waals surface area contributed by atoms with Crippen molar-refractivity contribution in [3.05, 3.63) is 34.7 Å². The molecule has 0 fully saturated rings. The molecule has 2 aromatic rings. The molecule has 0 aliphatic carbocycles. The third kappa shape index (κ3) is 2.09. The molecule has 5 nitrogen and oxygen atoms in total. The fourth-order valence-corrected chi connectivity index (χ4v) is 2.00. The van der Waals surface area contributed by atoms with E-state index < -0.39 is 5.97 Å². The van der Waals surface area contributed by atoms with E-state index in [2.05, 4.69) is 14.8 Å². The van der Waals surface area contributed by atoms with Gasteiger partial charge in [-0.05, 0) is 18.6 Å². The SMILES string of the molecule is COC(=O)c1cc(C)c(-c2c(Cl)cnn2C)cn1. The highest BCUT2D eigenvalue weighted by Gasteiger charge is 2.15. The van der Waals surface area contributed by atoms with Crippen molar-refractivity contribution in [3.63, 3.8) is 0 Å². The second-order valence-corrected chi connectivity index (χ2v) is 4.25. The molecule has 0 N–H and O–H groups in total. The summed E-state index contributed by atoms with van der Waals surface area (Å²) in [5, 5.41) is 4.62. The normalized spacial score (nSPS) is 10.4. The summed E-state index contributed by atoms with van der Waals surface area (Å²) in [6.07, 6.45) is 3.18. The van der Waals surface area contributed by atoms with E-state index in [1.165, 1.54) is 7.11 Å². The Labute approximate surface area is 109 Å². The number of nitrogens with zero attached hydrogens (tertiary/aromatic N) is 3. The summed E-state index contributed by atoms with van der Waals surface area (Å²) in [6, 6.07) is 1.67. The molecule has 0 aliphatic rings. The lowest BCUT2D eigenvalue weighted by Gasteiger charge is -2.08. The first kappa shape index (κ1) is 12.6. The van der Waals surface area contributed by atoms with Crippen LogP contribution in [0.1, 0.15) is 16.1 Å². The molecule has 0 saturated carbocycles. The van der Waals surface area contributed by atoms with E-state index in [1.54, 1.807) is 30.2 Å². The van der Waals surface area contributed by atoms with Crippen molar-refractivity contribution in [2.75, 3.05) is 7.11 Å². The van der Waals surface area contributed by atoms with Crippen molar-refractivity contribution in [1.82, 2.24) is 14.8 Å². The van der Waals surface area contributed by atoms with Crippen LogP contribution in [0.2, 0.25) is 5.02 Å². The first-order valence-electron chi connectivity index (χ1n) is 5.27. The maximum atomic E-state index is 11.4. The molecule has 18 heavy (non-hydrogen) atoms. The van der Waals surface area contributed by atoms with Crippen molar-refractivity contribution in [3.8, 4) is 11.3 Å². The van der Waals surface area contributed by atoms with Crippen molar-refractivity contribution >= 4 is 17.6 Å². The molecule has 2 heterocycles. The Kier molecular flexibility index (Phi) is 3.34. The highest BCUT2D eigenvalue weighted by atomic mass is 35.5. The number of pyridine rings is 1. The quantitative estimate of drug-likeness (QED) is 0.782. The average Bonchev–Trinajstić information content (AvgIpc) is 2.68. The predicted molar refractivity (Wildman–Crippen MR) is 67.5 cm³/mol. The maximum absolute atomic E-state index is 11.4. The molecule has 0 saturated heterocycles. The molecule has 0 amide bonds. The summed E-state index contributed by atoms with van der Waals surface area (Å²) in [5.74, 6) is -0.458. The average molecular weight is 266 g/mol. The van der Waals surface area contributed by atoms with Gasteiger partial charge in [0.15, 0.2) is 0 Å². The number of aryl methyl sites for hydroxylation is 2. The number of esters is 1. The highest BCUT2D eigenvalue weighted by Crippen LogP contribution is 2.29. The van der Waals surface area contributed by atoms with Crippen LogP contribution < -0.4 is 0 Å². The van der Waals surface area contributed by atoms with Crippen LogP contribution in [0.3, 0.4) is 0 Å². The fraction of sp³-hybridized carbons (Fsp3) is 0.250. The lowest BCUT2D eigenvalue weighted by molar-refractivity contribution is 0.0594. The first-order chi connectivity index (χ1) is 8.54. The summed E-state index contributed by atoms with van der Waals surface area (Å²) in [5.41, 5.74) is 2.78. The van der Waals surface area contributed by atoms with Gasteiger partial charge < -0.3 is 4.74 Å². The molecule has 94 valence electrons. The van der Waals surface area contributed by atoms with Crippen molar-refractivity contribution in [1.29, 1.82) is 0 Å². The van der Waals surface area contributed by atoms with Crippen LogP contribution in [0.25, 0.3) is 11.3 Å². The minimum absolute atomic E-state index is 0.275. The number of carbonyl (C=O) groups excluding carboxylic acids is 1. The van der Waals surface area contributed by atoms with Gasteiger partial charge in [-0.2, -0.15) is 5.10 Å². The minimum atomic E-state index is -0.458. The summed E-state index contributed by atoms with van der Waals surface area (Å²) in [4.78, 5) is 15.4. The molecule has 6 heteroatoms. The van der Waals surface area contributed by atoms with Gasteiger partial charge in [0.1, 0.15) is 5.69 Å². The summed E-state index contributed by atoms with van der Waals surface area (Å²) in [7, 11) is 3.13. The second-order valence-electron chi connectivity index (χ2n) is 3.84. The van der Waals surface area contributed by atoms with Crippen LogP contribution in [-0.4, -0.2) is 27.8 Å². The number of ether oxygens (including phenoxy) is 1. The van der Waals surface area contributed by atoms with E-state index in [-0.39, 0.29) is 5.69 Å². The van der Waals surface area contributed by atoms with Gasteiger partial charge in [-0.25, -0.2) is 9.78 Å². The van der Waals surface area contributed by atoms with Gasteiger partial charge in [0, 0.05) is 18.8 Å². The van der Waals surface area contributed by atoms with Crippen molar-refractivity contribution in [2.45, 2.75) is 6.92 Å². The van der Waals surface area contributed by atoms with Crippen LogP contribution in [0, 0.1) is 6.92 Å². The van der Waals surface area contributed by atoms with Crippen molar-refractivity contribution < 1.29 is 9.53 Å². The Morgan fingerprint density at radius 3 is 2.67 bits per heavy atom. The first-order valence-corrected chi connectivity index (χ1v) is 5.65. The Balaban J connectivity index is 2.52. The van der Waals surface area contributed by atoms with Gasteiger partial charge in [-0.1, -0.05) is 11.6 Å². The van der Waals surface area contributed by atoms with E-state index in [4.69, 9.17) is 11.6 Å². The van der Waals surface area contributed by atoms with Gasteiger partial charge in [0.25, 0.3) is 0 Å². The molecule has 0 unspecified atom stereocenters. The summed E-state index contributed by atoms with van der Waals surface area (Å²) in [6.45, 7) is 1.88. The van der Waals surface area contributed by atoms with Crippen molar-refractivity contribution in [2.24, 2.45) is 7.05 Å². The topological polar surface area (TPSA) is 57.0 Å². The molecule has 2 rings (SSSR count). The van der Waals surface area contributed by atoms with Gasteiger partial charge >= 0.3 is 5.97 Å². The second kappa shape index (κ2) is 4.78. The van der Waals surface area contributed by atoms with E-state index >= 15 is 0 Å². The van der Waals surface area contributed by atoms with Crippen LogP contribution in [0.5, 0.6) is 0 Å². The minimum Gasteiger partial charge on any atom is -0.464 e. The zero-order valence-corrected chi connectivity index (χ0v) is 11.0. The fourth-order valence-electron chi connectivity index (χ4n) is 1.73. The number of hydrogen-bond acceptors (Lipinski definition) is 4. The Bertz CT molecular complexity index is 588. The van der Waals surface area contributed by atoms with Gasteiger partial charge in [-0.3, -0.25) is 4.68 Å². The molecule has 0 atom stereocenters. The molecular weight excluding hydrogens is 254 g/mol. The Hall–Kier alpha value is -1.88. The predicted octanol–water partition coefficient (Wildman–Crippen LogP) is 2.23. The molecule has 0 bridgehead atoms. The number of halogens is 1. The van der Waals surface area contributed by atoms with Crippen LogP contribution in [0.4, 0.5) is 0 Å². The molecule has 0 spiro atoms. The standard InChI is InChI=1S/C12H12ClN3O2/c1-7-4-10(12(17)18-3)14-5-8(7)11-9(13)6-15-16(11)2/h4-6H,1-3H3. The highest BCUT2D eigenvalue weighted by molar-refractivity contribution is 6.33. The molecule has 0 aliphatic heterocycles. The Morgan fingerprint density at radius 1 is 1.44 bits per heavy atom. The largest absolute Gasteiger partial charge is 0.464 e. The van der Waals surface area contributed by atoms with E-state index in [0.29, 0.717) is 5.02 Å². The Morgan fingerprint density at radius 2 is 2.17 bits per heavy atom. The maximum Gasteiger partial charge on any atom is 0.356 e. The summed E-state index contributed by atoms with van der Waals surface area (Å²) >= 11 is 6.08. The van der Waals surface area contributed by atoms with E-state index in [1.807, 2.05) is 6.92 Å². The molecule has 0 radical (unpaired) electrons. The van der Waals surface area contributed by atoms with Crippen LogP contribution >= 0.6 is 11.6 Å². The lowest BCUT2D eigenvalue weighted by atomic mass is 10.1. The number of carbonyl (C=O) groups is 1. The zero-order valence-electron chi connectivity index (χ0n) is 10.3. The zero-order chi connectivity index (χ0) is 13.3. The van der Waals surface area contributed by atoms with E-state index in [9.17, 15) is 4.79 Å². The number of rotatable bonds is 2. The number of aromatic nitrogens is 3. The van der Waals surface area contributed by atoms with E-state index in [0.717, 1.165) is 16.8 Å². The van der Waals surface area contributed by atoms with Gasteiger partial charge in [-0.15, -0.1) is 0 Å². The summed E-state index contributed by atoms with van der Waals surface area (Å²) < 4.78 is 6.30. The lowest BCUT2D eigenvalue weighted by Crippen LogP contribution is -2.05. The van der Waals surface area contributed by atoms with Gasteiger partial charge in [0.05, 0.1) is 24.0 Å². The van der Waals surface area contributed by atoms with Crippen LogP contribution in [-0.2, 0) is 11.8 Å². The third-order valence-electron chi connectivity index (χ3n) is 2.65. The molecule has 0 aromatic carbocycles. The molecular formula is C12H12ClN3O2. The van der Waals surface area contributed by atoms with Gasteiger partial charge in [0.2, 0.25) is 0 Å². The number of methoxy groups -OCH3 is 1.